The Morgan fingerprint density at radius 3 is 2.19 bits per heavy atom. The first kappa shape index (κ1) is 20.6. The molecule has 2 atom stereocenters. The zero-order valence-electron chi connectivity index (χ0n) is 17.4. The summed E-state index contributed by atoms with van der Waals surface area (Å²) in [4.78, 5) is 2.67. The van der Waals surface area contributed by atoms with E-state index in [0.29, 0.717) is 19.3 Å². The monoisotopic (exact) mass is 371 g/mol. The molecule has 2 fully saturated rings. The predicted molar refractivity (Wildman–Crippen MR) is 113 cm³/mol. The van der Waals surface area contributed by atoms with Crippen molar-refractivity contribution < 1.29 is 10.2 Å². The van der Waals surface area contributed by atoms with Gasteiger partial charge in [0.25, 0.3) is 0 Å². The molecule has 1 saturated heterocycles. The normalized spacial score (nSPS) is 23.4. The van der Waals surface area contributed by atoms with Crippen LogP contribution < -0.4 is 0 Å². The van der Waals surface area contributed by atoms with Crippen molar-refractivity contribution in [3.8, 4) is 0 Å². The molecular weight excluding hydrogens is 334 g/mol. The Morgan fingerprint density at radius 2 is 1.67 bits per heavy atom. The molecule has 2 N–H and O–H groups in total. The molecule has 0 amide bonds. The molecule has 1 aromatic carbocycles. The second kappa shape index (κ2) is 8.46. The van der Waals surface area contributed by atoms with E-state index in [2.05, 4.69) is 23.1 Å². The third kappa shape index (κ3) is 5.43. The zero-order chi connectivity index (χ0) is 19.5. The van der Waals surface area contributed by atoms with Crippen molar-refractivity contribution in [3.05, 3.63) is 41.0 Å². The zero-order valence-corrected chi connectivity index (χ0v) is 17.4. The maximum Gasteiger partial charge on any atom is 0.0869 e. The van der Waals surface area contributed by atoms with E-state index in [-0.39, 0.29) is 0 Å². The van der Waals surface area contributed by atoms with Gasteiger partial charge in [-0.3, -0.25) is 4.90 Å². The second-order valence-corrected chi connectivity index (χ2v) is 9.17. The van der Waals surface area contributed by atoms with E-state index in [1.54, 1.807) is 5.57 Å². The highest BCUT2D eigenvalue weighted by Gasteiger charge is 2.28. The minimum atomic E-state index is -0.904. The third-order valence-electron chi connectivity index (χ3n) is 6.85. The van der Waals surface area contributed by atoms with Crippen molar-refractivity contribution in [1.82, 2.24) is 4.90 Å². The van der Waals surface area contributed by atoms with Gasteiger partial charge in [0, 0.05) is 19.1 Å². The average molecular weight is 372 g/mol. The minimum Gasteiger partial charge on any atom is -0.390 e. The van der Waals surface area contributed by atoms with Gasteiger partial charge in [0.2, 0.25) is 0 Å². The molecule has 2 unspecified atom stereocenters. The molecule has 27 heavy (non-hydrogen) atoms. The van der Waals surface area contributed by atoms with E-state index in [1.165, 1.54) is 50.8 Å². The standard InChI is InChI=1S/C24H37NO2/c1-4-23(2,26)14-15-24(3,27)21-10-8-19(9-11-21)18-20-12-16-25(17-13-20)22-6-5-7-22/h8-11,18,22,26-27H,4-7,12-17H2,1-3H3. The lowest BCUT2D eigenvalue weighted by atomic mass is 9.85. The Kier molecular flexibility index (Phi) is 6.45. The summed E-state index contributed by atoms with van der Waals surface area (Å²) in [6, 6.07) is 9.18. The lowest BCUT2D eigenvalue weighted by molar-refractivity contribution is -0.00692. The highest BCUT2D eigenvalue weighted by Crippen LogP contribution is 2.31. The van der Waals surface area contributed by atoms with Crippen LogP contribution in [0.4, 0.5) is 0 Å². The number of hydrogen-bond acceptors (Lipinski definition) is 3. The molecular formula is C24H37NO2. The fourth-order valence-corrected chi connectivity index (χ4v) is 4.08. The Labute approximate surface area is 165 Å². The van der Waals surface area contributed by atoms with Crippen LogP contribution in [0, 0.1) is 0 Å². The fourth-order valence-electron chi connectivity index (χ4n) is 4.08. The second-order valence-electron chi connectivity index (χ2n) is 9.17. The van der Waals surface area contributed by atoms with Gasteiger partial charge in [0.05, 0.1) is 11.2 Å². The highest BCUT2D eigenvalue weighted by atomic mass is 16.3. The van der Waals surface area contributed by atoms with E-state index >= 15 is 0 Å². The van der Waals surface area contributed by atoms with Crippen LogP contribution in [0.3, 0.4) is 0 Å². The summed E-state index contributed by atoms with van der Waals surface area (Å²) in [6.45, 7) is 8.09. The van der Waals surface area contributed by atoms with Gasteiger partial charge in [-0.2, -0.15) is 0 Å². The van der Waals surface area contributed by atoms with Crippen LogP contribution in [0.2, 0.25) is 0 Å². The third-order valence-corrected chi connectivity index (χ3v) is 6.85. The summed E-state index contributed by atoms with van der Waals surface area (Å²) in [5.74, 6) is 0. The minimum absolute atomic E-state index is 0.561. The SMILES string of the molecule is CCC(C)(O)CCC(C)(O)c1ccc(C=C2CCN(C3CCC3)CC2)cc1. The molecule has 0 aromatic heterocycles. The van der Waals surface area contributed by atoms with Crippen LogP contribution in [-0.4, -0.2) is 39.8 Å². The quantitative estimate of drug-likeness (QED) is 0.719. The first-order valence-corrected chi connectivity index (χ1v) is 10.8. The molecule has 1 heterocycles. The van der Waals surface area contributed by atoms with Crippen LogP contribution in [0.25, 0.3) is 6.08 Å². The van der Waals surface area contributed by atoms with Gasteiger partial charge < -0.3 is 10.2 Å². The van der Waals surface area contributed by atoms with Crippen molar-refractivity contribution in [2.45, 2.75) is 89.4 Å². The van der Waals surface area contributed by atoms with Gasteiger partial charge in [-0.05, 0) is 69.9 Å². The van der Waals surface area contributed by atoms with E-state index in [1.807, 2.05) is 32.9 Å². The largest absolute Gasteiger partial charge is 0.390 e. The lowest BCUT2D eigenvalue weighted by Gasteiger charge is -2.40. The van der Waals surface area contributed by atoms with Gasteiger partial charge in [0.1, 0.15) is 0 Å². The first-order valence-electron chi connectivity index (χ1n) is 10.8. The van der Waals surface area contributed by atoms with Crippen LogP contribution in [0.15, 0.2) is 29.8 Å². The van der Waals surface area contributed by atoms with Gasteiger partial charge >= 0.3 is 0 Å². The van der Waals surface area contributed by atoms with Gasteiger partial charge in [0.15, 0.2) is 0 Å². The fraction of sp³-hybridized carbons (Fsp3) is 0.667. The molecule has 1 aliphatic heterocycles. The predicted octanol–water partition coefficient (Wildman–Crippen LogP) is 4.87. The molecule has 3 rings (SSSR count). The number of hydrogen-bond donors (Lipinski definition) is 2. The molecule has 0 radical (unpaired) electrons. The number of rotatable bonds is 7. The maximum absolute atomic E-state index is 10.8. The summed E-state index contributed by atoms with van der Waals surface area (Å²) < 4.78 is 0. The topological polar surface area (TPSA) is 43.7 Å². The van der Waals surface area contributed by atoms with Gasteiger partial charge in [-0.1, -0.05) is 49.3 Å². The molecule has 2 aliphatic rings. The van der Waals surface area contributed by atoms with Gasteiger partial charge in [-0.25, -0.2) is 0 Å². The average Bonchev–Trinajstić information content (AvgIpc) is 2.61. The molecule has 3 heteroatoms. The highest BCUT2D eigenvalue weighted by molar-refractivity contribution is 5.54. The van der Waals surface area contributed by atoms with E-state index < -0.39 is 11.2 Å². The first-order chi connectivity index (χ1) is 12.8. The van der Waals surface area contributed by atoms with Crippen molar-refractivity contribution in [2.75, 3.05) is 13.1 Å². The number of benzene rings is 1. The van der Waals surface area contributed by atoms with Crippen molar-refractivity contribution in [1.29, 1.82) is 0 Å². The van der Waals surface area contributed by atoms with Crippen LogP contribution in [0.1, 0.15) is 83.3 Å². The van der Waals surface area contributed by atoms with Crippen LogP contribution in [-0.2, 0) is 5.60 Å². The Bertz CT molecular complexity index is 631. The lowest BCUT2D eigenvalue weighted by Crippen LogP contribution is -2.43. The molecule has 1 aliphatic carbocycles. The Hall–Kier alpha value is -1.16. The number of likely N-dealkylation sites (tertiary alicyclic amines) is 1. The molecule has 0 spiro atoms. The smallest absolute Gasteiger partial charge is 0.0869 e. The van der Waals surface area contributed by atoms with Crippen LogP contribution >= 0.6 is 0 Å². The number of nitrogens with zero attached hydrogens (tertiary/aromatic N) is 1. The summed E-state index contributed by atoms with van der Waals surface area (Å²) in [7, 11) is 0. The maximum atomic E-state index is 10.8. The summed E-state index contributed by atoms with van der Waals surface area (Å²) in [6.07, 6.45) is 10.8. The molecule has 0 bridgehead atoms. The van der Waals surface area contributed by atoms with Gasteiger partial charge in [-0.15, -0.1) is 0 Å². The number of aliphatic hydroxyl groups is 2. The van der Waals surface area contributed by atoms with Crippen LogP contribution in [0.5, 0.6) is 0 Å². The van der Waals surface area contributed by atoms with Crippen molar-refractivity contribution >= 4 is 6.08 Å². The van der Waals surface area contributed by atoms with E-state index in [0.717, 1.165) is 11.6 Å². The summed E-state index contributed by atoms with van der Waals surface area (Å²) in [5.41, 5.74) is 2.09. The number of piperidine rings is 1. The van der Waals surface area contributed by atoms with E-state index in [4.69, 9.17) is 0 Å². The Balaban J connectivity index is 1.56. The summed E-state index contributed by atoms with van der Waals surface area (Å²) >= 11 is 0. The molecule has 1 saturated carbocycles. The van der Waals surface area contributed by atoms with Crippen molar-refractivity contribution in [2.24, 2.45) is 0 Å². The van der Waals surface area contributed by atoms with Crippen molar-refractivity contribution in [3.63, 3.8) is 0 Å². The molecule has 1 aromatic rings. The molecule has 3 nitrogen and oxygen atoms in total. The summed E-state index contributed by atoms with van der Waals surface area (Å²) in [5, 5.41) is 21.0. The van der Waals surface area contributed by atoms with E-state index in [9.17, 15) is 10.2 Å². The Morgan fingerprint density at radius 1 is 1.04 bits per heavy atom. The molecule has 150 valence electrons.